The molecule has 0 saturated heterocycles. The molecule has 1 aliphatic carbocycles. The quantitative estimate of drug-likeness (QED) is 0.571. The van der Waals surface area contributed by atoms with E-state index >= 15 is 4.39 Å². The lowest BCUT2D eigenvalue weighted by Crippen LogP contribution is -2.45. The van der Waals surface area contributed by atoms with E-state index in [4.69, 9.17) is 0 Å². The van der Waals surface area contributed by atoms with Crippen molar-refractivity contribution in [1.29, 1.82) is 0 Å². The van der Waals surface area contributed by atoms with Crippen LogP contribution in [0, 0.1) is 11.6 Å². The summed E-state index contributed by atoms with van der Waals surface area (Å²) < 4.78 is 58.3. The largest absolute Gasteiger partial charge is 0.296 e. The van der Waals surface area contributed by atoms with E-state index < -0.39 is 33.6 Å². The molecule has 0 radical (unpaired) electrons. The molecule has 2 atom stereocenters. The van der Waals surface area contributed by atoms with Gasteiger partial charge in [-0.05, 0) is 44.7 Å². The van der Waals surface area contributed by atoms with Crippen molar-refractivity contribution >= 4 is 10.0 Å². The van der Waals surface area contributed by atoms with E-state index in [0.29, 0.717) is 24.1 Å². The Hall–Kier alpha value is -2.91. The molecule has 1 N–H and O–H groups in total. The highest BCUT2D eigenvalue weighted by atomic mass is 32.2. The van der Waals surface area contributed by atoms with Gasteiger partial charge in [-0.2, -0.15) is 0 Å². The van der Waals surface area contributed by atoms with Crippen molar-refractivity contribution in [2.45, 2.75) is 51.1 Å². The first-order valence-corrected chi connectivity index (χ1v) is 13.1. The molecule has 34 heavy (non-hydrogen) atoms. The zero-order valence-corrected chi connectivity index (χ0v) is 20.1. The second-order valence-electron chi connectivity index (χ2n) is 9.02. The predicted octanol–water partition coefficient (Wildman–Crippen LogP) is 3.96. The first kappa shape index (κ1) is 24.2. The number of benzene rings is 2. The lowest BCUT2D eigenvalue weighted by molar-refractivity contribution is 0.409. The van der Waals surface area contributed by atoms with Crippen molar-refractivity contribution in [2.75, 3.05) is 6.26 Å². The highest BCUT2D eigenvalue weighted by Crippen LogP contribution is 2.35. The number of hydrogen-bond donors (Lipinski definition) is 1. The second kappa shape index (κ2) is 9.38. The van der Waals surface area contributed by atoms with Gasteiger partial charge < -0.3 is 0 Å². The zero-order valence-electron chi connectivity index (χ0n) is 19.3. The van der Waals surface area contributed by atoms with Crippen LogP contribution >= 0.6 is 0 Å². The van der Waals surface area contributed by atoms with Crippen LogP contribution in [0.1, 0.15) is 49.0 Å². The van der Waals surface area contributed by atoms with Crippen LogP contribution in [0.3, 0.4) is 0 Å². The smallest absolute Gasteiger partial charge is 0.257 e. The lowest BCUT2D eigenvalue weighted by Gasteiger charge is -2.33. The van der Waals surface area contributed by atoms with Crippen LogP contribution in [0.2, 0.25) is 0 Å². The maximum absolute atomic E-state index is 15.6. The molecule has 1 aliphatic rings. The Morgan fingerprint density at radius 1 is 1.12 bits per heavy atom. The molecule has 0 amide bonds. The van der Waals surface area contributed by atoms with E-state index in [1.54, 1.807) is 18.2 Å². The highest BCUT2D eigenvalue weighted by molar-refractivity contribution is 7.88. The van der Waals surface area contributed by atoms with Crippen molar-refractivity contribution < 1.29 is 17.2 Å². The fraction of sp³-hybridized carbons (Fsp3) is 0.360. The molecule has 0 saturated carbocycles. The van der Waals surface area contributed by atoms with Gasteiger partial charge in [-0.25, -0.2) is 26.9 Å². The minimum Gasteiger partial charge on any atom is -0.296 e. The number of sulfonamides is 1. The Morgan fingerprint density at radius 3 is 2.50 bits per heavy atom. The van der Waals surface area contributed by atoms with E-state index in [2.05, 4.69) is 9.71 Å². The summed E-state index contributed by atoms with van der Waals surface area (Å²) in [4.78, 5) is 17.9. The van der Waals surface area contributed by atoms with Gasteiger partial charge >= 0.3 is 0 Å². The van der Waals surface area contributed by atoms with Crippen molar-refractivity contribution in [2.24, 2.45) is 0 Å². The third-order valence-electron chi connectivity index (χ3n) is 6.27. The van der Waals surface area contributed by atoms with Gasteiger partial charge in [-0.3, -0.25) is 9.36 Å². The molecule has 2 aromatic carbocycles. The van der Waals surface area contributed by atoms with Crippen molar-refractivity contribution in [3.8, 4) is 11.1 Å². The zero-order chi connectivity index (χ0) is 24.6. The fourth-order valence-electron chi connectivity index (χ4n) is 4.67. The highest BCUT2D eigenvalue weighted by Gasteiger charge is 2.36. The van der Waals surface area contributed by atoms with Gasteiger partial charge in [0.15, 0.2) is 0 Å². The Kier molecular flexibility index (Phi) is 6.69. The topological polar surface area (TPSA) is 81.1 Å². The molecule has 4 rings (SSSR count). The Labute approximate surface area is 197 Å². The van der Waals surface area contributed by atoms with Crippen LogP contribution in [0.5, 0.6) is 0 Å². The number of rotatable bonds is 6. The summed E-state index contributed by atoms with van der Waals surface area (Å²) in [6, 6.07) is 9.93. The van der Waals surface area contributed by atoms with E-state index in [1.165, 1.54) is 35.2 Å². The molecular weight excluding hydrogens is 460 g/mol. The summed E-state index contributed by atoms with van der Waals surface area (Å²) in [5, 5.41) is 0. The molecule has 0 fully saturated rings. The third kappa shape index (κ3) is 4.81. The molecule has 1 heterocycles. The first-order valence-electron chi connectivity index (χ1n) is 11.2. The van der Waals surface area contributed by atoms with Gasteiger partial charge in [-0.15, -0.1) is 0 Å². The van der Waals surface area contributed by atoms with Crippen LogP contribution in [-0.2, 0) is 22.9 Å². The summed E-state index contributed by atoms with van der Waals surface area (Å²) in [7, 11) is -3.58. The van der Waals surface area contributed by atoms with E-state index in [9.17, 15) is 17.6 Å². The summed E-state index contributed by atoms with van der Waals surface area (Å²) in [6.07, 6.45) is 3.50. The Bertz CT molecular complexity index is 1390. The molecule has 1 aromatic heterocycles. The molecule has 180 valence electrons. The van der Waals surface area contributed by atoms with Gasteiger partial charge in [0.1, 0.15) is 11.6 Å². The summed E-state index contributed by atoms with van der Waals surface area (Å²) in [5.41, 5.74) is 1.28. The molecular formula is C25H27F2N3O3S. The first-order chi connectivity index (χ1) is 16.1. The molecule has 0 bridgehead atoms. The maximum Gasteiger partial charge on any atom is 0.257 e. The number of nitrogens with zero attached hydrogens (tertiary/aromatic N) is 2. The van der Waals surface area contributed by atoms with Gasteiger partial charge in [-0.1, -0.05) is 36.4 Å². The van der Waals surface area contributed by atoms with E-state index in [1.807, 2.05) is 13.8 Å². The number of aryl methyl sites for hydroxylation is 1. The molecule has 3 aromatic rings. The van der Waals surface area contributed by atoms with Crippen LogP contribution < -0.4 is 10.3 Å². The normalized spacial score (nSPS) is 18.2. The van der Waals surface area contributed by atoms with Gasteiger partial charge in [0.25, 0.3) is 5.56 Å². The molecule has 0 aliphatic heterocycles. The van der Waals surface area contributed by atoms with E-state index in [-0.39, 0.29) is 34.7 Å². The minimum absolute atomic E-state index is 0.0628. The number of halogens is 2. The fourth-order valence-corrected chi connectivity index (χ4v) is 5.51. The number of aromatic nitrogens is 2. The lowest BCUT2D eigenvalue weighted by atomic mass is 9.78. The van der Waals surface area contributed by atoms with Gasteiger partial charge in [0.05, 0.1) is 18.3 Å². The van der Waals surface area contributed by atoms with Crippen molar-refractivity contribution in [3.63, 3.8) is 0 Å². The average Bonchev–Trinajstić information content (AvgIpc) is 2.76. The van der Waals surface area contributed by atoms with Crippen LogP contribution in [0.15, 0.2) is 53.6 Å². The molecule has 0 unspecified atom stereocenters. The number of hydrogen-bond acceptors (Lipinski definition) is 4. The van der Waals surface area contributed by atoms with Crippen molar-refractivity contribution in [1.82, 2.24) is 14.3 Å². The molecule has 0 spiro atoms. The average molecular weight is 488 g/mol. The minimum atomic E-state index is -3.58. The standard InChI is InChI=1S/C25H27F2N3O3S/c1-15(2)30-14-28-22-12-11-21(29-34(3,32)33)19(23(22)25(30)31)13-16-7-6-9-18(24(16)27)17-8-4-5-10-20(17)26/h4-10,14-15,19,21,29H,11-13H2,1-3H3/t19-,21-/m0/s1. The summed E-state index contributed by atoms with van der Waals surface area (Å²) >= 11 is 0. The molecule has 6 nitrogen and oxygen atoms in total. The summed E-state index contributed by atoms with van der Waals surface area (Å²) in [5.74, 6) is -1.76. The Morgan fingerprint density at radius 2 is 1.82 bits per heavy atom. The van der Waals surface area contributed by atoms with Gasteiger partial charge in [0, 0.05) is 34.7 Å². The maximum atomic E-state index is 15.6. The monoisotopic (exact) mass is 487 g/mol. The number of fused-ring (bicyclic) bond motifs is 1. The van der Waals surface area contributed by atoms with Gasteiger partial charge in [0.2, 0.25) is 10.0 Å². The third-order valence-corrected chi connectivity index (χ3v) is 7.00. The van der Waals surface area contributed by atoms with Crippen LogP contribution in [0.4, 0.5) is 8.78 Å². The SMILES string of the molecule is CC(C)n1cnc2c(c1=O)[C@@H](Cc1cccc(-c3ccccc3F)c1F)[C@@H](NS(C)(=O)=O)CC2. The number of nitrogens with one attached hydrogen (secondary N) is 1. The Balaban J connectivity index is 1.83. The van der Waals surface area contributed by atoms with Crippen molar-refractivity contribution in [3.05, 3.63) is 87.6 Å². The predicted molar refractivity (Wildman–Crippen MR) is 127 cm³/mol. The summed E-state index contributed by atoms with van der Waals surface area (Å²) in [6.45, 7) is 3.72. The van der Waals surface area contributed by atoms with E-state index in [0.717, 1.165) is 6.26 Å². The van der Waals surface area contributed by atoms with Crippen LogP contribution in [-0.4, -0.2) is 30.3 Å². The van der Waals surface area contributed by atoms with Crippen LogP contribution in [0.25, 0.3) is 11.1 Å². The molecule has 9 heteroatoms. The second-order valence-corrected chi connectivity index (χ2v) is 10.8.